The number of hydrogen-bond donors (Lipinski definition) is 1. The van der Waals surface area contributed by atoms with Crippen LogP contribution in [0.5, 0.6) is 0 Å². The van der Waals surface area contributed by atoms with Crippen LogP contribution in [0.2, 0.25) is 0 Å². The van der Waals surface area contributed by atoms with Crippen molar-refractivity contribution in [3.05, 3.63) is 35.6 Å². The van der Waals surface area contributed by atoms with E-state index in [1.165, 1.54) is 38.5 Å². The fourth-order valence-corrected chi connectivity index (χ4v) is 4.53. The minimum atomic E-state index is -0.0201. The molecule has 0 bridgehead atoms. The SMILES string of the molecule is CCNCC1(c2ccccc2F)CC2(CCCC2)C1. The van der Waals surface area contributed by atoms with Gasteiger partial charge in [-0.2, -0.15) is 0 Å². The average molecular weight is 261 g/mol. The smallest absolute Gasteiger partial charge is 0.127 e. The lowest BCUT2D eigenvalue weighted by Gasteiger charge is -2.56. The standard InChI is InChI=1S/C17H24FN/c1-2-19-13-17(14-7-3-4-8-15(14)18)11-16(12-17)9-5-6-10-16/h3-4,7-8,19H,2,5-6,9-13H2,1H3. The fraction of sp³-hybridized carbons (Fsp3) is 0.647. The van der Waals surface area contributed by atoms with Gasteiger partial charge in [0, 0.05) is 12.0 Å². The zero-order chi connectivity index (χ0) is 13.3. The molecule has 0 saturated heterocycles. The second-order valence-corrected chi connectivity index (χ2v) is 6.60. The highest BCUT2D eigenvalue weighted by Gasteiger charge is 2.56. The number of halogens is 1. The molecule has 0 aliphatic heterocycles. The molecule has 1 spiro atoms. The van der Waals surface area contributed by atoms with Gasteiger partial charge in [0.25, 0.3) is 0 Å². The van der Waals surface area contributed by atoms with Gasteiger partial charge in [-0.1, -0.05) is 38.0 Å². The molecule has 0 unspecified atom stereocenters. The van der Waals surface area contributed by atoms with Gasteiger partial charge in [0.05, 0.1) is 0 Å². The number of benzene rings is 1. The maximum Gasteiger partial charge on any atom is 0.127 e. The highest BCUT2D eigenvalue weighted by molar-refractivity contribution is 5.33. The van der Waals surface area contributed by atoms with Gasteiger partial charge in [0.15, 0.2) is 0 Å². The Kier molecular flexibility index (Phi) is 3.38. The minimum Gasteiger partial charge on any atom is -0.316 e. The zero-order valence-corrected chi connectivity index (χ0v) is 11.8. The second-order valence-electron chi connectivity index (χ2n) is 6.60. The molecular formula is C17H24FN. The van der Waals surface area contributed by atoms with E-state index in [0.29, 0.717) is 5.41 Å². The molecule has 2 aliphatic carbocycles. The van der Waals surface area contributed by atoms with Gasteiger partial charge in [-0.15, -0.1) is 0 Å². The predicted molar refractivity (Wildman–Crippen MR) is 76.8 cm³/mol. The van der Waals surface area contributed by atoms with Crippen molar-refractivity contribution in [2.24, 2.45) is 5.41 Å². The summed E-state index contributed by atoms with van der Waals surface area (Å²) in [5.74, 6) is -0.0201. The van der Waals surface area contributed by atoms with Crippen molar-refractivity contribution in [2.45, 2.75) is 50.9 Å². The molecule has 0 heterocycles. The molecule has 2 fully saturated rings. The zero-order valence-electron chi connectivity index (χ0n) is 11.8. The Balaban J connectivity index is 1.85. The van der Waals surface area contributed by atoms with Crippen molar-refractivity contribution >= 4 is 0 Å². The molecule has 1 nitrogen and oxygen atoms in total. The fourth-order valence-electron chi connectivity index (χ4n) is 4.53. The summed E-state index contributed by atoms with van der Waals surface area (Å²) < 4.78 is 14.2. The molecule has 2 aliphatic rings. The Hall–Kier alpha value is -0.890. The average Bonchev–Trinajstić information content (AvgIpc) is 2.84. The van der Waals surface area contributed by atoms with Gasteiger partial charge < -0.3 is 5.32 Å². The van der Waals surface area contributed by atoms with E-state index in [9.17, 15) is 4.39 Å². The lowest BCUT2D eigenvalue weighted by molar-refractivity contribution is 0.0250. The maximum atomic E-state index is 14.2. The predicted octanol–water partition coefficient (Wildman–Crippen LogP) is 4.03. The first kappa shape index (κ1) is 13.1. The van der Waals surface area contributed by atoms with E-state index < -0.39 is 0 Å². The number of hydrogen-bond acceptors (Lipinski definition) is 1. The van der Waals surface area contributed by atoms with Crippen molar-refractivity contribution in [3.8, 4) is 0 Å². The lowest BCUT2D eigenvalue weighted by atomic mass is 9.49. The van der Waals surface area contributed by atoms with Crippen molar-refractivity contribution < 1.29 is 4.39 Å². The van der Waals surface area contributed by atoms with Crippen LogP contribution in [0, 0.1) is 11.2 Å². The summed E-state index contributed by atoms with van der Waals surface area (Å²) in [4.78, 5) is 0. The molecule has 1 aromatic rings. The van der Waals surface area contributed by atoms with E-state index in [1.807, 2.05) is 12.1 Å². The Morgan fingerprint density at radius 3 is 2.47 bits per heavy atom. The quantitative estimate of drug-likeness (QED) is 0.863. The van der Waals surface area contributed by atoms with Crippen molar-refractivity contribution in [3.63, 3.8) is 0 Å². The highest BCUT2D eigenvalue weighted by atomic mass is 19.1. The monoisotopic (exact) mass is 261 g/mol. The normalized spacial score (nSPS) is 23.5. The van der Waals surface area contributed by atoms with Crippen LogP contribution in [0.4, 0.5) is 4.39 Å². The minimum absolute atomic E-state index is 0.0201. The first-order chi connectivity index (χ1) is 9.20. The topological polar surface area (TPSA) is 12.0 Å². The molecule has 2 heteroatoms. The van der Waals surface area contributed by atoms with Crippen LogP contribution in [-0.2, 0) is 5.41 Å². The van der Waals surface area contributed by atoms with Crippen molar-refractivity contribution in [2.75, 3.05) is 13.1 Å². The van der Waals surface area contributed by atoms with Crippen LogP contribution in [-0.4, -0.2) is 13.1 Å². The summed E-state index contributed by atoms with van der Waals surface area (Å²) in [6.07, 6.45) is 7.80. The van der Waals surface area contributed by atoms with Crippen LogP contribution in [0.25, 0.3) is 0 Å². The van der Waals surface area contributed by atoms with Crippen LogP contribution in [0.1, 0.15) is 51.0 Å². The Labute approximate surface area is 115 Å². The van der Waals surface area contributed by atoms with E-state index in [-0.39, 0.29) is 11.2 Å². The third-order valence-electron chi connectivity index (χ3n) is 5.25. The molecule has 104 valence electrons. The van der Waals surface area contributed by atoms with Gasteiger partial charge in [0.1, 0.15) is 5.82 Å². The van der Waals surface area contributed by atoms with Gasteiger partial charge in [-0.3, -0.25) is 0 Å². The van der Waals surface area contributed by atoms with Crippen LogP contribution >= 0.6 is 0 Å². The van der Waals surface area contributed by atoms with Crippen LogP contribution in [0.15, 0.2) is 24.3 Å². The summed E-state index contributed by atoms with van der Waals surface area (Å²) in [6, 6.07) is 7.38. The summed E-state index contributed by atoms with van der Waals surface area (Å²) in [6.45, 7) is 4.01. The third-order valence-corrected chi connectivity index (χ3v) is 5.25. The second kappa shape index (κ2) is 4.90. The van der Waals surface area contributed by atoms with Gasteiger partial charge in [0.2, 0.25) is 0 Å². The molecule has 3 rings (SSSR count). The van der Waals surface area contributed by atoms with Crippen molar-refractivity contribution in [1.29, 1.82) is 0 Å². The largest absolute Gasteiger partial charge is 0.316 e. The maximum absolute atomic E-state index is 14.2. The summed E-state index contributed by atoms with van der Waals surface area (Å²) in [5.41, 5.74) is 1.53. The van der Waals surface area contributed by atoms with Crippen LogP contribution in [0.3, 0.4) is 0 Å². The summed E-state index contributed by atoms with van der Waals surface area (Å²) >= 11 is 0. The summed E-state index contributed by atoms with van der Waals surface area (Å²) in [7, 11) is 0. The van der Waals surface area contributed by atoms with Gasteiger partial charge >= 0.3 is 0 Å². The molecule has 0 amide bonds. The molecule has 2 saturated carbocycles. The third kappa shape index (κ3) is 2.20. The Bertz CT molecular complexity index is 440. The summed E-state index contributed by atoms with van der Waals surface area (Å²) in [5, 5.41) is 3.46. The van der Waals surface area contributed by atoms with E-state index in [0.717, 1.165) is 18.7 Å². The molecule has 1 N–H and O–H groups in total. The van der Waals surface area contributed by atoms with E-state index >= 15 is 0 Å². The van der Waals surface area contributed by atoms with E-state index in [4.69, 9.17) is 0 Å². The van der Waals surface area contributed by atoms with Crippen molar-refractivity contribution in [1.82, 2.24) is 5.32 Å². The number of likely N-dealkylation sites (N-methyl/N-ethyl adjacent to an activating group) is 1. The molecular weight excluding hydrogens is 237 g/mol. The Morgan fingerprint density at radius 1 is 1.16 bits per heavy atom. The first-order valence-electron chi connectivity index (χ1n) is 7.66. The molecule has 0 aromatic heterocycles. The lowest BCUT2D eigenvalue weighted by Crippen LogP contribution is -2.54. The number of nitrogens with one attached hydrogen (secondary N) is 1. The van der Waals surface area contributed by atoms with E-state index in [1.54, 1.807) is 12.1 Å². The first-order valence-corrected chi connectivity index (χ1v) is 7.66. The number of rotatable bonds is 4. The molecule has 1 aromatic carbocycles. The molecule has 19 heavy (non-hydrogen) atoms. The van der Waals surface area contributed by atoms with Crippen LogP contribution < -0.4 is 5.32 Å². The highest BCUT2D eigenvalue weighted by Crippen LogP contribution is 2.62. The van der Waals surface area contributed by atoms with Gasteiger partial charge in [-0.05, 0) is 49.3 Å². The van der Waals surface area contributed by atoms with E-state index in [2.05, 4.69) is 12.2 Å². The Morgan fingerprint density at radius 2 is 1.84 bits per heavy atom. The molecule has 0 radical (unpaired) electrons. The molecule has 0 atom stereocenters. The van der Waals surface area contributed by atoms with Gasteiger partial charge in [-0.25, -0.2) is 4.39 Å².